The van der Waals surface area contributed by atoms with Gasteiger partial charge in [-0.1, -0.05) is 0 Å². The average molecular weight is 274 g/mol. The zero-order valence-electron chi connectivity index (χ0n) is 10.7. The van der Waals surface area contributed by atoms with E-state index in [0.717, 1.165) is 0 Å². The molecule has 1 aromatic carbocycles. The van der Waals surface area contributed by atoms with Gasteiger partial charge in [-0.3, -0.25) is 14.5 Å². The Morgan fingerprint density at radius 2 is 2.10 bits per heavy atom. The van der Waals surface area contributed by atoms with Crippen molar-refractivity contribution in [1.29, 1.82) is 0 Å². The summed E-state index contributed by atoms with van der Waals surface area (Å²) in [6, 6.07) is 3.68. The minimum Gasteiger partial charge on any atom is -0.297 e. The highest BCUT2D eigenvalue weighted by Gasteiger charge is 2.36. The molecule has 0 unspecified atom stereocenters. The van der Waals surface area contributed by atoms with Gasteiger partial charge < -0.3 is 0 Å². The number of carbonyl (C=O) groups is 2. The van der Waals surface area contributed by atoms with Gasteiger partial charge in [0.15, 0.2) is 0 Å². The average Bonchev–Trinajstić information content (AvgIpc) is 2.98. The molecule has 1 amide bonds. The lowest BCUT2D eigenvalue weighted by atomic mass is 10.1. The molecule has 0 fully saturated rings. The molecule has 0 spiro atoms. The van der Waals surface area contributed by atoms with E-state index in [-0.39, 0.29) is 17.8 Å². The Morgan fingerprint density at radius 1 is 1.30 bits per heavy atom. The maximum absolute atomic E-state index is 13.3. The van der Waals surface area contributed by atoms with Gasteiger partial charge >= 0.3 is 0 Å². The zero-order chi connectivity index (χ0) is 14.3. The second-order valence-corrected chi connectivity index (χ2v) is 4.37. The first-order valence-corrected chi connectivity index (χ1v) is 6.14. The number of halogens is 1. The minimum atomic E-state index is -0.670. The number of hydrogen-bond donors (Lipinski definition) is 0. The van der Waals surface area contributed by atoms with E-state index in [2.05, 4.69) is 10.1 Å². The number of hydrogen-bond acceptors (Lipinski definition) is 4. The van der Waals surface area contributed by atoms with Gasteiger partial charge in [0.2, 0.25) is 0 Å². The maximum atomic E-state index is 13.3. The van der Waals surface area contributed by atoms with Crippen LogP contribution in [0.25, 0.3) is 0 Å². The van der Waals surface area contributed by atoms with E-state index in [4.69, 9.17) is 0 Å². The molecule has 2 aromatic rings. The van der Waals surface area contributed by atoms with E-state index in [0.29, 0.717) is 12.4 Å². The highest BCUT2D eigenvalue weighted by atomic mass is 19.1. The van der Waals surface area contributed by atoms with E-state index < -0.39 is 17.5 Å². The number of carbonyl (C=O) groups excluding carboxylic acids is 2. The van der Waals surface area contributed by atoms with Gasteiger partial charge in [-0.25, -0.2) is 14.1 Å². The van der Waals surface area contributed by atoms with Crippen molar-refractivity contribution in [2.24, 2.45) is 0 Å². The number of anilines is 1. The molecule has 1 aromatic heterocycles. The Kier molecular flexibility index (Phi) is 2.81. The Bertz CT molecular complexity index is 710. The summed E-state index contributed by atoms with van der Waals surface area (Å²) in [5, 5.41) is 4.00. The molecule has 0 atom stereocenters. The van der Waals surface area contributed by atoms with Crippen LogP contribution >= 0.6 is 0 Å². The molecule has 2 heterocycles. The normalized spacial score (nSPS) is 14.0. The molecule has 0 radical (unpaired) electrons. The standard InChI is InChI=1S/C13H11FN4O2/c1-2-18-11(15-7-16-18)6-17-10-5-8(14)3-4-9(10)12(19)13(17)20/h3-5,7H,2,6H2,1H3. The van der Waals surface area contributed by atoms with Crippen molar-refractivity contribution in [3.05, 3.63) is 41.7 Å². The molecule has 0 saturated carbocycles. The number of aromatic nitrogens is 3. The SMILES string of the molecule is CCn1ncnc1CN1C(=O)C(=O)c2ccc(F)cc21. The predicted octanol–water partition coefficient (Wildman–Crippen LogP) is 1.17. The number of fused-ring (bicyclic) bond motifs is 1. The van der Waals surface area contributed by atoms with Gasteiger partial charge in [-0.15, -0.1) is 0 Å². The number of Topliss-reactive ketones (excluding diaryl/α,β-unsaturated/α-hetero) is 1. The first kappa shape index (κ1) is 12.5. The molecule has 20 heavy (non-hydrogen) atoms. The van der Waals surface area contributed by atoms with Crippen molar-refractivity contribution in [1.82, 2.24) is 14.8 Å². The zero-order valence-corrected chi connectivity index (χ0v) is 10.7. The predicted molar refractivity (Wildman–Crippen MR) is 67.6 cm³/mol. The van der Waals surface area contributed by atoms with E-state index in [9.17, 15) is 14.0 Å². The maximum Gasteiger partial charge on any atom is 0.299 e. The Balaban J connectivity index is 2.01. The van der Waals surface area contributed by atoms with Gasteiger partial charge in [0.1, 0.15) is 18.0 Å². The highest BCUT2D eigenvalue weighted by molar-refractivity contribution is 6.52. The third kappa shape index (κ3) is 1.78. The van der Waals surface area contributed by atoms with Crippen LogP contribution in [0.1, 0.15) is 23.1 Å². The molecule has 1 aliphatic heterocycles. The van der Waals surface area contributed by atoms with Crippen LogP contribution in [-0.4, -0.2) is 26.5 Å². The van der Waals surface area contributed by atoms with Crippen molar-refractivity contribution in [3.63, 3.8) is 0 Å². The fourth-order valence-electron chi connectivity index (χ4n) is 2.24. The summed E-state index contributed by atoms with van der Waals surface area (Å²) >= 11 is 0. The lowest BCUT2D eigenvalue weighted by Crippen LogP contribution is -2.30. The van der Waals surface area contributed by atoms with Gasteiger partial charge in [0.25, 0.3) is 11.7 Å². The molecule has 0 bridgehead atoms. The van der Waals surface area contributed by atoms with Crippen molar-refractivity contribution in [3.8, 4) is 0 Å². The van der Waals surface area contributed by atoms with Crippen LogP contribution in [0.5, 0.6) is 0 Å². The number of ketones is 1. The fourth-order valence-corrected chi connectivity index (χ4v) is 2.24. The summed E-state index contributed by atoms with van der Waals surface area (Å²) in [5.74, 6) is -1.24. The number of rotatable bonds is 3. The molecule has 0 saturated heterocycles. The van der Waals surface area contributed by atoms with E-state index >= 15 is 0 Å². The highest BCUT2D eigenvalue weighted by Crippen LogP contribution is 2.30. The Hall–Kier alpha value is -2.57. The first-order valence-electron chi connectivity index (χ1n) is 6.14. The molecule has 6 nitrogen and oxygen atoms in total. The van der Waals surface area contributed by atoms with Gasteiger partial charge in [0, 0.05) is 6.54 Å². The van der Waals surface area contributed by atoms with Gasteiger partial charge in [0.05, 0.1) is 17.8 Å². The summed E-state index contributed by atoms with van der Waals surface area (Å²) in [4.78, 5) is 29.1. The summed E-state index contributed by atoms with van der Waals surface area (Å²) in [6.45, 7) is 2.58. The van der Waals surface area contributed by atoms with E-state index in [1.54, 1.807) is 4.68 Å². The Morgan fingerprint density at radius 3 is 2.85 bits per heavy atom. The molecule has 0 N–H and O–H groups in total. The number of amides is 1. The number of benzene rings is 1. The summed E-state index contributed by atoms with van der Waals surface area (Å²) in [5.41, 5.74) is 0.504. The van der Waals surface area contributed by atoms with Crippen LogP contribution in [0.2, 0.25) is 0 Å². The van der Waals surface area contributed by atoms with Gasteiger partial charge in [-0.05, 0) is 25.1 Å². The van der Waals surface area contributed by atoms with Gasteiger partial charge in [-0.2, -0.15) is 5.10 Å². The molecule has 3 rings (SSSR count). The van der Waals surface area contributed by atoms with Crippen LogP contribution in [0.3, 0.4) is 0 Å². The van der Waals surface area contributed by atoms with Crippen LogP contribution in [0, 0.1) is 5.82 Å². The summed E-state index contributed by atoms with van der Waals surface area (Å²) < 4.78 is 15.0. The second kappa shape index (κ2) is 4.52. The molecular weight excluding hydrogens is 263 g/mol. The van der Waals surface area contributed by atoms with Crippen LogP contribution in [-0.2, 0) is 17.9 Å². The van der Waals surface area contributed by atoms with Crippen molar-refractivity contribution in [2.75, 3.05) is 4.90 Å². The van der Waals surface area contributed by atoms with Crippen molar-refractivity contribution >= 4 is 17.4 Å². The quantitative estimate of drug-likeness (QED) is 0.788. The fraction of sp³-hybridized carbons (Fsp3) is 0.231. The van der Waals surface area contributed by atoms with Crippen molar-refractivity contribution < 1.29 is 14.0 Å². The lowest BCUT2D eigenvalue weighted by Gasteiger charge is -2.16. The number of aryl methyl sites for hydroxylation is 1. The number of nitrogens with zero attached hydrogens (tertiary/aromatic N) is 4. The second-order valence-electron chi connectivity index (χ2n) is 4.37. The Labute approximate surface area is 113 Å². The third-order valence-electron chi connectivity index (χ3n) is 3.23. The van der Waals surface area contributed by atoms with Crippen LogP contribution in [0.4, 0.5) is 10.1 Å². The minimum absolute atomic E-state index is 0.0921. The van der Waals surface area contributed by atoms with Crippen LogP contribution in [0.15, 0.2) is 24.5 Å². The smallest absolute Gasteiger partial charge is 0.297 e. The molecule has 102 valence electrons. The largest absolute Gasteiger partial charge is 0.299 e. The van der Waals surface area contributed by atoms with Crippen molar-refractivity contribution in [2.45, 2.75) is 20.0 Å². The third-order valence-corrected chi connectivity index (χ3v) is 3.23. The first-order chi connectivity index (χ1) is 9.61. The van der Waals surface area contributed by atoms with E-state index in [1.165, 1.54) is 29.4 Å². The summed E-state index contributed by atoms with van der Waals surface area (Å²) in [7, 11) is 0. The van der Waals surface area contributed by atoms with E-state index in [1.807, 2.05) is 6.92 Å². The lowest BCUT2D eigenvalue weighted by molar-refractivity contribution is -0.114. The molecule has 0 aliphatic carbocycles. The van der Waals surface area contributed by atoms with Crippen LogP contribution < -0.4 is 4.90 Å². The monoisotopic (exact) mass is 274 g/mol. The molecule has 1 aliphatic rings. The molecule has 7 heteroatoms. The summed E-state index contributed by atoms with van der Waals surface area (Å²) in [6.07, 6.45) is 1.38. The topological polar surface area (TPSA) is 68.1 Å². The molecular formula is C13H11FN4O2.